The van der Waals surface area contributed by atoms with E-state index in [9.17, 15) is 4.79 Å². The van der Waals surface area contributed by atoms with E-state index in [1.165, 1.54) is 10.7 Å². The van der Waals surface area contributed by atoms with Gasteiger partial charge in [0, 0.05) is 12.3 Å². The lowest BCUT2D eigenvalue weighted by atomic mass is 10.1. The van der Waals surface area contributed by atoms with Crippen molar-refractivity contribution in [3.63, 3.8) is 0 Å². The van der Waals surface area contributed by atoms with Crippen molar-refractivity contribution in [2.24, 2.45) is 0 Å². The molecule has 3 aliphatic heterocycles. The number of carboxylic acid groups (broad SMARTS) is 1. The molecule has 3 fully saturated rings. The molecule has 2 unspecified atom stereocenters. The number of carboxylic acids is 1. The number of carbonyl (C=O) groups is 1. The SMILES string of the molecule is O=C(O)c1cnn2ccc([N+]34C[C@@H]5OC[C@H]3C54)nc12. The minimum Gasteiger partial charge on any atom is -0.477 e. The number of morpholine rings is 2. The second-order valence-corrected chi connectivity index (χ2v) is 5.46. The molecule has 2 aromatic rings. The summed E-state index contributed by atoms with van der Waals surface area (Å²) in [5.74, 6) is -0.0412. The van der Waals surface area contributed by atoms with E-state index in [4.69, 9.17) is 9.84 Å². The fraction of sp³-hybridized carbons (Fsp3) is 0.417. The number of aromatic nitrogens is 3. The van der Waals surface area contributed by atoms with Gasteiger partial charge in [0.05, 0.1) is 6.20 Å². The molecule has 0 spiro atoms. The van der Waals surface area contributed by atoms with Crippen molar-refractivity contribution in [3.8, 4) is 0 Å². The summed E-state index contributed by atoms with van der Waals surface area (Å²) in [5, 5.41) is 13.1. The number of hydrogen-bond acceptors (Lipinski definition) is 4. The molecule has 3 saturated heterocycles. The van der Waals surface area contributed by atoms with Gasteiger partial charge in [-0.05, 0) is 0 Å². The van der Waals surface area contributed by atoms with Gasteiger partial charge in [0.15, 0.2) is 23.8 Å². The minimum absolute atomic E-state index is 0.153. The van der Waals surface area contributed by atoms with Crippen LogP contribution in [0.4, 0.5) is 5.82 Å². The van der Waals surface area contributed by atoms with Crippen molar-refractivity contribution in [1.82, 2.24) is 19.1 Å². The highest BCUT2D eigenvalue weighted by molar-refractivity contribution is 5.94. The quantitative estimate of drug-likeness (QED) is 0.602. The molecule has 1 N–H and O–H groups in total. The second-order valence-electron chi connectivity index (χ2n) is 5.46. The number of aromatic carboxylic acids is 1. The van der Waals surface area contributed by atoms with E-state index in [-0.39, 0.29) is 5.56 Å². The summed E-state index contributed by atoms with van der Waals surface area (Å²) >= 11 is 0. The summed E-state index contributed by atoms with van der Waals surface area (Å²) in [5.41, 5.74) is 0.576. The van der Waals surface area contributed by atoms with Gasteiger partial charge in [-0.2, -0.15) is 10.1 Å². The highest BCUT2D eigenvalue weighted by atomic mass is 16.5. The standard InChI is InChI=1S/C12H10N4O3/c17-12(18)6-3-13-15-2-1-9(14-11(6)15)16-4-8-10(16)7(16)5-19-8/h1-3,7-8,10H,4-5H2/p+1/t7-,8-,10?,16?/m0/s1. The Hall–Kier alpha value is -1.99. The fourth-order valence-corrected chi connectivity index (χ4v) is 3.82. The largest absolute Gasteiger partial charge is 0.477 e. The number of rotatable bonds is 2. The zero-order valence-corrected chi connectivity index (χ0v) is 9.93. The maximum absolute atomic E-state index is 11.1. The third-order valence-electron chi connectivity index (χ3n) is 4.78. The summed E-state index contributed by atoms with van der Waals surface area (Å²) in [7, 11) is 0. The number of nitrogens with zero attached hydrogens (tertiary/aromatic N) is 4. The van der Waals surface area contributed by atoms with Gasteiger partial charge in [-0.3, -0.25) is 4.48 Å². The van der Waals surface area contributed by atoms with Crippen LogP contribution in [0.3, 0.4) is 0 Å². The smallest absolute Gasteiger partial charge is 0.341 e. The van der Waals surface area contributed by atoms with E-state index in [1.807, 2.05) is 6.07 Å². The molecule has 0 amide bonds. The Balaban J connectivity index is 1.67. The van der Waals surface area contributed by atoms with Crippen molar-refractivity contribution in [3.05, 3.63) is 24.0 Å². The van der Waals surface area contributed by atoms with E-state index in [0.29, 0.717) is 23.8 Å². The zero-order chi connectivity index (χ0) is 12.8. The summed E-state index contributed by atoms with van der Waals surface area (Å²) in [6, 6.07) is 3.02. The molecule has 4 atom stereocenters. The molecule has 0 aliphatic carbocycles. The van der Waals surface area contributed by atoms with E-state index < -0.39 is 5.97 Å². The lowest BCUT2D eigenvalue weighted by molar-refractivity contribution is -0.0107. The molecular weight excluding hydrogens is 248 g/mol. The van der Waals surface area contributed by atoms with Gasteiger partial charge in [-0.1, -0.05) is 0 Å². The van der Waals surface area contributed by atoms with Crippen LogP contribution in [0.15, 0.2) is 18.5 Å². The lowest BCUT2D eigenvalue weighted by Gasteiger charge is -2.35. The maximum atomic E-state index is 11.1. The Morgan fingerprint density at radius 3 is 3.16 bits per heavy atom. The van der Waals surface area contributed by atoms with Gasteiger partial charge < -0.3 is 9.84 Å². The van der Waals surface area contributed by atoms with Crippen LogP contribution < -0.4 is 4.48 Å². The molecular formula is C12H11N4O3+. The predicted octanol–water partition coefficient (Wildman–Crippen LogP) is -0.102. The van der Waals surface area contributed by atoms with Crippen LogP contribution in [0.5, 0.6) is 0 Å². The Morgan fingerprint density at radius 2 is 2.47 bits per heavy atom. The van der Waals surface area contributed by atoms with Gasteiger partial charge in [0.1, 0.15) is 18.7 Å². The Labute approximate surface area is 107 Å². The maximum Gasteiger partial charge on any atom is 0.341 e. The molecule has 7 heteroatoms. The number of fused-ring (bicyclic) bond motifs is 2. The summed E-state index contributed by atoms with van der Waals surface area (Å²) in [6.45, 7) is 1.77. The molecule has 96 valence electrons. The number of quaternary nitrogens is 1. The van der Waals surface area contributed by atoms with Crippen molar-refractivity contribution in [2.45, 2.75) is 18.2 Å². The van der Waals surface area contributed by atoms with E-state index in [0.717, 1.165) is 23.5 Å². The van der Waals surface area contributed by atoms with Gasteiger partial charge in [0.2, 0.25) is 5.82 Å². The highest BCUT2D eigenvalue weighted by Gasteiger charge is 2.84. The van der Waals surface area contributed by atoms with Crippen LogP contribution in [0.1, 0.15) is 10.4 Å². The van der Waals surface area contributed by atoms with Crippen molar-refractivity contribution in [2.75, 3.05) is 13.2 Å². The summed E-state index contributed by atoms with van der Waals surface area (Å²) < 4.78 is 8.00. The van der Waals surface area contributed by atoms with Gasteiger partial charge >= 0.3 is 5.97 Å². The first kappa shape index (κ1) is 9.88. The van der Waals surface area contributed by atoms with Crippen LogP contribution in [0, 0.1) is 0 Å². The average Bonchev–Trinajstić information content (AvgIpc) is 2.73. The topological polar surface area (TPSA) is 76.7 Å². The van der Waals surface area contributed by atoms with E-state index >= 15 is 0 Å². The van der Waals surface area contributed by atoms with Crippen molar-refractivity contribution >= 4 is 17.4 Å². The molecule has 0 aromatic carbocycles. The summed E-state index contributed by atoms with van der Waals surface area (Å²) in [4.78, 5) is 15.7. The molecule has 2 aromatic heterocycles. The Bertz CT molecular complexity index is 736. The third-order valence-corrected chi connectivity index (χ3v) is 4.78. The predicted molar refractivity (Wildman–Crippen MR) is 63.9 cm³/mol. The Morgan fingerprint density at radius 1 is 1.58 bits per heavy atom. The fourth-order valence-electron chi connectivity index (χ4n) is 3.82. The Kier molecular flexibility index (Phi) is 1.45. The van der Waals surface area contributed by atoms with E-state index in [2.05, 4.69) is 10.1 Å². The number of hydrogen-bond donors (Lipinski definition) is 1. The van der Waals surface area contributed by atoms with Crippen LogP contribution in [-0.2, 0) is 4.74 Å². The highest BCUT2D eigenvalue weighted by Crippen LogP contribution is 2.59. The lowest BCUT2D eigenvalue weighted by Crippen LogP contribution is -2.56. The van der Waals surface area contributed by atoms with E-state index in [1.54, 1.807) is 6.20 Å². The first-order chi connectivity index (χ1) is 9.22. The summed E-state index contributed by atoms with van der Waals surface area (Å²) in [6.07, 6.45) is 3.52. The third kappa shape index (κ3) is 0.934. The average molecular weight is 259 g/mol. The van der Waals surface area contributed by atoms with Crippen LogP contribution >= 0.6 is 0 Å². The monoisotopic (exact) mass is 259 g/mol. The molecule has 0 radical (unpaired) electrons. The molecule has 0 bridgehead atoms. The second kappa shape index (κ2) is 2.78. The molecule has 5 heterocycles. The molecule has 0 saturated carbocycles. The van der Waals surface area contributed by atoms with Crippen molar-refractivity contribution < 1.29 is 14.6 Å². The normalized spacial score (nSPS) is 38.0. The van der Waals surface area contributed by atoms with Crippen LogP contribution in [0.2, 0.25) is 0 Å². The molecule has 3 aliphatic rings. The van der Waals surface area contributed by atoms with Gasteiger partial charge in [-0.25, -0.2) is 9.31 Å². The van der Waals surface area contributed by atoms with Crippen molar-refractivity contribution in [1.29, 1.82) is 0 Å². The number of ether oxygens (including phenoxy) is 1. The minimum atomic E-state index is -0.990. The van der Waals surface area contributed by atoms with Crippen LogP contribution in [0.25, 0.3) is 5.65 Å². The van der Waals surface area contributed by atoms with Gasteiger partial charge in [-0.15, -0.1) is 0 Å². The molecule has 5 rings (SSSR count). The first-order valence-corrected chi connectivity index (χ1v) is 6.29. The zero-order valence-electron chi connectivity index (χ0n) is 9.93. The molecule has 7 nitrogen and oxygen atoms in total. The van der Waals surface area contributed by atoms with Gasteiger partial charge in [0.25, 0.3) is 0 Å². The first-order valence-electron chi connectivity index (χ1n) is 6.29. The van der Waals surface area contributed by atoms with Crippen LogP contribution in [-0.4, -0.2) is 57.0 Å². The molecule has 19 heavy (non-hydrogen) atoms.